The monoisotopic (exact) mass is 374 g/mol. The summed E-state index contributed by atoms with van der Waals surface area (Å²) in [6.45, 7) is 2.00. The fourth-order valence-corrected chi connectivity index (χ4v) is 3.05. The Hall–Kier alpha value is -1.95. The highest BCUT2D eigenvalue weighted by Gasteiger charge is 2.16. The second kappa shape index (κ2) is 7.08. The molecule has 0 spiro atoms. The molecule has 3 rings (SSSR count). The minimum Gasteiger partial charge on any atom is -0.351 e. The lowest BCUT2D eigenvalue weighted by atomic mass is 10.2. The topological polar surface area (TPSA) is 66.9 Å². The molecule has 5 nitrogen and oxygen atoms in total. The van der Waals surface area contributed by atoms with Crippen LogP contribution in [0.3, 0.4) is 0 Å². The Bertz CT molecular complexity index is 713. The first kappa shape index (κ1) is 15.9. The summed E-state index contributed by atoms with van der Waals surface area (Å²) in [5, 5.41) is 6.17. The number of aromatic nitrogens is 2. The summed E-state index contributed by atoms with van der Waals surface area (Å²) in [5.74, 6) is 0.285. The minimum atomic E-state index is -0.238. The van der Waals surface area contributed by atoms with Crippen LogP contribution in [0.2, 0.25) is 0 Å². The van der Waals surface area contributed by atoms with Gasteiger partial charge < -0.3 is 10.6 Å². The van der Waals surface area contributed by atoms with Crippen LogP contribution in [0.15, 0.2) is 34.9 Å². The minimum absolute atomic E-state index is 0.238. The fraction of sp³-hybridized carbons (Fsp3) is 0.353. The Balaban J connectivity index is 1.70. The zero-order chi connectivity index (χ0) is 16.2. The molecular weight excluding hydrogens is 356 g/mol. The van der Waals surface area contributed by atoms with E-state index in [1.54, 1.807) is 12.3 Å². The molecule has 1 aliphatic carbocycles. The van der Waals surface area contributed by atoms with Crippen molar-refractivity contribution in [2.45, 2.75) is 38.6 Å². The molecule has 1 aromatic carbocycles. The van der Waals surface area contributed by atoms with Gasteiger partial charge in [-0.3, -0.25) is 4.79 Å². The molecule has 0 aliphatic heterocycles. The Labute approximate surface area is 144 Å². The van der Waals surface area contributed by atoms with Gasteiger partial charge in [-0.15, -0.1) is 0 Å². The van der Waals surface area contributed by atoms with Gasteiger partial charge in [-0.1, -0.05) is 34.8 Å². The molecular formula is C17H19BrN4O. The van der Waals surface area contributed by atoms with Crippen molar-refractivity contribution < 1.29 is 4.79 Å². The number of hydrogen-bond donors (Lipinski definition) is 2. The highest BCUT2D eigenvalue weighted by Crippen LogP contribution is 2.22. The average Bonchev–Trinajstić information content (AvgIpc) is 3.04. The van der Waals surface area contributed by atoms with Crippen molar-refractivity contribution in [2.24, 2.45) is 0 Å². The number of nitrogens with zero attached hydrogens (tertiary/aromatic N) is 2. The van der Waals surface area contributed by atoms with Gasteiger partial charge in [0.1, 0.15) is 5.69 Å². The lowest BCUT2D eigenvalue weighted by Gasteiger charge is -2.12. The number of carbonyl (C=O) groups is 1. The standard InChI is InChI=1S/C17H19BrN4O/c1-11-6-7-13(10-14(11)18)20-16(23)15-8-9-19-17(22-15)21-12-4-2-3-5-12/h6-10,12H,2-5H2,1H3,(H,20,23)(H,19,21,22). The van der Waals surface area contributed by atoms with E-state index in [-0.39, 0.29) is 5.91 Å². The number of benzene rings is 1. The number of amides is 1. The predicted molar refractivity (Wildman–Crippen MR) is 94.7 cm³/mol. The molecule has 1 aliphatic rings. The van der Waals surface area contributed by atoms with Gasteiger partial charge in [-0.2, -0.15) is 0 Å². The van der Waals surface area contributed by atoms with E-state index in [0.29, 0.717) is 17.7 Å². The molecule has 0 bridgehead atoms. The van der Waals surface area contributed by atoms with Crippen LogP contribution in [0.4, 0.5) is 11.6 Å². The average molecular weight is 375 g/mol. The summed E-state index contributed by atoms with van der Waals surface area (Å²) in [4.78, 5) is 20.9. The highest BCUT2D eigenvalue weighted by atomic mass is 79.9. The number of rotatable bonds is 4. The molecule has 120 valence electrons. The Morgan fingerprint density at radius 1 is 1.26 bits per heavy atom. The molecule has 1 aromatic heterocycles. The number of halogens is 1. The first-order chi connectivity index (χ1) is 11.1. The summed E-state index contributed by atoms with van der Waals surface area (Å²) in [7, 11) is 0. The number of anilines is 2. The summed E-state index contributed by atoms with van der Waals surface area (Å²) in [5.41, 5.74) is 2.21. The van der Waals surface area contributed by atoms with Crippen molar-refractivity contribution in [2.75, 3.05) is 10.6 Å². The van der Waals surface area contributed by atoms with Gasteiger partial charge in [0, 0.05) is 22.4 Å². The van der Waals surface area contributed by atoms with Crippen LogP contribution < -0.4 is 10.6 Å². The van der Waals surface area contributed by atoms with Crippen LogP contribution in [-0.4, -0.2) is 21.9 Å². The van der Waals surface area contributed by atoms with Gasteiger partial charge in [-0.05, 0) is 43.5 Å². The van der Waals surface area contributed by atoms with Crippen LogP contribution in [0.1, 0.15) is 41.7 Å². The van der Waals surface area contributed by atoms with Crippen molar-refractivity contribution in [3.05, 3.63) is 46.2 Å². The normalized spacial score (nSPS) is 14.7. The zero-order valence-corrected chi connectivity index (χ0v) is 14.6. The third-order valence-corrected chi connectivity index (χ3v) is 4.86. The lowest BCUT2D eigenvalue weighted by molar-refractivity contribution is 0.102. The van der Waals surface area contributed by atoms with E-state index in [0.717, 1.165) is 28.6 Å². The van der Waals surface area contributed by atoms with Crippen molar-refractivity contribution in [3.63, 3.8) is 0 Å². The van der Waals surface area contributed by atoms with Gasteiger partial charge in [0.2, 0.25) is 5.95 Å². The molecule has 2 aromatic rings. The Morgan fingerprint density at radius 3 is 2.78 bits per heavy atom. The van der Waals surface area contributed by atoms with Crippen LogP contribution in [0.5, 0.6) is 0 Å². The van der Waals surface area contributed by atoms with Gasteiger partial charge in [0.05, 0.1) is 0 Å². The van der Waals surface area contributed by atoms with E-state index < -0.39 is 0 Å². The molecule has 1 saturated carbocycles. The first-order valence-electron chi connectivity index (χ1n) is 7.79. The van der Waals surface area contributed by atoms with Crippen molar-refractivity contribution >= 4 is 33.5 Å². The number of aryl methyl sites for hydroxylation is 1. The van der Waals surface area contributed by atoms with Crippen LogP contribution in [0, 0.1) is 6.92 Å². The fourth-order valence-electron chi connectivity index (χ4n) is 2.67. The highest BCUT2D eigenvalue weighted by molar-refractivity contribution is 9.10. The number of carbonyl (C=O) groups excluding carboxylic acids is 1. The van der Waals surface area contributed by atoms with Gasteiger partial charge in [-0.25, -0.2) is 9.97 Å². The summed E-state index contributed by atoms with van der Waals surface area (Å²) in [6, 6.07) is 7.75. The van der Waals surface area contributed by atoms with Gasteiger partial charge >= 0.3 is 0 Å². The van der Waals surface area contributed by atoms with Crippen LogP contribution >= 0.6 is 15.9 Å². The third kappa shape index (κ3) is 4.07. The SMILES string of the molecule is Cc1ccc(NC(=O)c2ccnc(NC3CCCC3)n2)cc1Br. The van der Waals surface area contributed by atoms with Gasteiger partial charge in [0.15, 0.2) is 0 Å². The van der Waals surface area contributed by atoms with E-state index in [2.05, 4.69) is 36.5 Å². The largest absolute Gasteiger partial charge is 0.351 e. The maximum atomic E-state index is 12.4. The van der Waals surface area contributed by atoms with Crippen molar-refractivity contribution in [1.29, 1.82) is 0 Å². The molecule has 6 heteroatoms. The van der Waals surface area contributed by atoms with Crippen molar-refractivity contribution in [1.82, 2.24) is 9.97 Å². The summed E-state index contributed by atoms with van der Waals surface area (Å²) in [6.07, 6.45) is 6.36. The van der Waals surface area contributed by atoms with E-state index in [9.17, 15) is 4.79 Å². The quantitative estimate of drug-likeness (QED) is 0.843. The predicted octanol–water partition coefficient (Wildman–Crippen LogP) is 4.15. The molecule has 2 N–H and O–H groups in total. The molecule has 1 heterocycles. The molecule has 0 radical (unpaired) electrons. The molecule has 23 heavy (non-hydrogen) atoms. The van der Waals surface area contributed by atoms with E-state index in [4.69, 9.17) is 0 Å². The summed E-state index contributed by atoms with van der Waals surface area (Å²) < 4.78 is 0.960. The third-order valence-electron chi connectivity index (χ3n) is 4.01. The van der Waals surface area contributed by atoms with Crippen LogP contribution in [0.25, 0.3) is 0 Å². The van der Waals surface area contributed by atoms with Crippen LogP contribution in [-0.2, 0) is 0 Å². The van der Waals surface area contributed by atoms with E-state index in [1.807, 2.05) is 25.1 Å². The van der Waals surface area contributed by atoms with Crippen molar-refractivity contribution in [3.8, 4) is 0 Å². The smallest absolute Gasteiger partial charge is 0.274 e. The number of hydrogen-bond acceptors (Lipinski definition) is 4. The Kier molecular flexibility index (Phi) is 4.91. The maximum absolute atomic E-state index is 12.4. The van der Waals surface area contributed by atoms with E-state index in [1.165, 1.54) is 12.8 Å². The molecule has 1 amide bonds. The Morgan fingerprint density at radius 2 is 2.04 bits per heavy atom. The molecule has 0 unspecified atom stereocenters. The van der Waals surface area contributed by atoms with E-state index >= 15 is 0 Å². The molecule has 0 saturated heterocycles. The maximum Gasteiger partial charge on any atom is 0.274 e. The second-order valence-electron chi connectivity index (χ2n) is 5.81. The second-order valence-corrected chi connectivity index (χ2v) is 6.66. The van der Waals surface area contributed by atoms with Gasteiger partial charge in [0.25, 0.3) is 5.91 Å². The lowest BCUT2D eigenvalue weighted by Crippen LogP contribution is -2.19. The molecule has 0 atom stereocenters. The molecule has 1 fully saturated rings. The first-order valence-corrected chi connectivity index (χ1v) is 8.58. The zero-order valence-electron chi connectivity index (χ0n) is 13.0. The summed E-state index contributed by atoms with van der Waals surface area (Å²) >= 11 is 3.47. The number of nitrogens with one attached hydrogen (secondary N) is 2.